The summed E-state index contributed by atoms with van der Waals surface area (Å²) in [6.45, 7) is 0. The molecule has 0 aliphatic heterocycles. The Bertz CT molecular complexity index is 589. The van der Waals surface area contributed by atoms with Crippen molar-refractivity contribution < 1.29 is 4.79 Å². The van der Waals surface area contributed by atoms with Crippen LogP contribution >= 0.6 is 23.4 Å². The molecule has 0 saturated heterocycles. The standard InChI is InChI=1S/C14H13ClN2OS/c1-19-11-6-4-5-10(9-11)16-14(18)17-13-8-3-2-7-12(13)15/h2-9H,1H3,(H2,16,17,18). The molecule has 0 aliphatic carbocycles. The summed E-state index contributed by atoms with van der Waals surface area (Å²) in [7, 11) is 0. The summed E-state index contributed by atoms with van der Waals surface area (Å²) in [5.41, 5.74) is 1.33. The zero-order chi connectivity index (χ0) is 13.7. The summed E-state index contributed by atoms with van der Waals surface area (Å²) >= 11 is 7.60. The Labute approximate surface area is 121 Å². The minimum atomic E-state index is -0.314. The molecule has 0 bridgehead atoms. The third-order valence-corrected chi connectivity index (χ3v) is 3.50. The first-order valence-electron chi connectivity index (χ1n) is 5.65. The lowest BCUT2D eigenvalue weighted by Gasteiger charge is -2.09. The molecule has 0 fully saturated rings. The molecular formula is C14H13ClN2OS. The van der Waals surface area contributed by atoms with Gasteiger partial charge in [-0.3, -0.25) is 0 Å². The van der Waals surface area contributed by atoms with Gasteiger partial charge in [0.15, 0.2) is 0 Å². The van der Waals surface area contributed by atoms with Crippen LogP contribution in [-0.2, 0) is 0 Å². The van der Waals surface area contributed by atoms with E-state index in [1.54, 1.807) is 23.9 Å². The van der Waals surface area contributed by atoms with Crippen molar-refractivity contribution in [3.05, 3.63) is 53.6 Å². The maximum atomic E-state index is 11.8. The summed E-state index contributed by atoms with van der Waals surface area (Å²) < 4.78 is 0. The third-order valence-electron chi connectivity index (χ3n) is 2.45. The third kappa shape index (κ3) is 3.91. The molecular weight excluding hydrogens is 280 g/mol. The Morgan fingerprint density at radius 1 is 1.11 bits per heavy atom. The van der Waals surface area contributed by atoms with Crippen molar-refractivity contribution in [2.75, 3.05) is 16.9 Å². The smallest absolute Gasteiger partial charge is 0.308 e. The van der Waals surface area contributed by atoms with E-state index in [1.807, 2.05) is 42.7 Å². The highest BCUT2D eigenvalue weighted by atomic mass is 35.5. The van der Waals surface area contributed by atoms with Crippen LogP contribution in [0.2, 0.25) is 5.02 Å². The number of amides is 2. The summed E-state index contributed by atoms with van der Waals surface area (Å²) in [4.78, 5) is 12.9. The fourth-order valence-corrected chi connectivity index (χ4v) is 2.19. The average molecular weight is 293 g/mol. The fourth-order valence-electron chi connectivity index (χ4n) is 1.55. The zero-order valence-electron chi connectivity index (χ0n) is 10.3. The van der Waals surface area contributed by atoms with Gasteiger partial charge in [-0.2, -0.15) is 0 Å². The molecule has 0 spiro atoms. The van der Waals surface area contributed by atoms with Crippen LogP contribution in [-0.4, -0.2) is 12.3 Å². The lowest BCUT2D eigenvalue weighted by molar-refractivity contribution is 0.262. The second-order valence-corrected chi connectivity index (χ2v) is 5.08. The van der Waals surface area contributed by atoms with E-state index < -0.39 is 0 Å². The van der Waals surface area contributed by atoms with Gasteiger partial charge in [0.05, 0.1) is 10.7 Å². The van der Waals surface area contributed by atoms with Gasteiger partial charge in [-0.1, -0.05) is 29.8 Å². The number of halogens is 1. The maximum Gasteiger partial charge on any atom is 0.323 e. The van der Waals surface area contributed by atoms with Gasteiger partial charge >= 0.3 is 6.03 Å². The first kappa shape index (κ1) is 13.8. The SMILES string of the molecule is CSc1cccc(NC(=O)Nc2ccccc2Cl)c1. The summed E-state index contributed by atoms with van der Waals surface area (Å²) in [5.74, 6) is 0. The molecule has 2 aromatic carbocycles. The number of para-hydroxylation sites is 1. The number of thioether (sulfide) groups is 1. The highest BCUT2D eigenvalue weighted by molar-refractivity contribution is 7.98. The van der Waals surface area contributed by atoms with Crippen molar-refractivity contribution in [1.82, 2.24) is 0 Å². The van der Waals surface area contributed by atoms with Crippen molar-refractivity contribution in [2.24, 2.45) is 0 Å². The quantitative estimate of drug-likeness (QED) is 0.805. The normalized spacial score (nSPS) is 10.0. The van der Waals surface area contributed by atoms with E-state index >= 15 is 0 Å². The van der Waals surface area contributed by atoms with Crippen LogP contribution in [0.25, 0.3) is 0 Å². The number of carbonyl (C=O) groups is 1. The number of hydrogen-bond donors (Lipinski definition) is 2. The minimum absolute atomic E-state index is 0.314. The largest absolute Gasteiger partial charge is 0.323 e. The number of carbonyl (C=O) groups excluding carboxylic acids is 1. The number of nitrogens with one attached hydrogen (secondary N) is 2. The van der Waals surface area contributed by atoms with E-state index in [0.29, 0.717) is 10.7 Å². The first-order valence-corrected chi connectivity index (χ1v) is 7.26. The molecule has 0 unspecified atom stereocenters. The van der Waals surface area contributed by atoms with Crippen LogP contribution in [0, 0.1) is 0 Å². The Morgan fingerprint density at radius 2 is 1.89 bits per heavy atom. The number of hydrogen-bond acceptors (Lipinski definition) is 2. The molecule has 0 aromatic heterocycles. The number of urea groups is 1. The Hall–Kier alpha value is -1.65. The van der Waals surface area contributed by atoms with Crippen molar-refractivity contribution in [3.8, 4) is 0 Å². The summed E-state index contributed by atoms with van der Waals surface area (Å²) in [6, 6.07) is 14.4. The van der Waals surface area contributed by atoms with Gasteiger partial charge in [0, 0.05) is 10.6 Å². The van der Waals surface area contributed by atoms with E-state index in [9.17, 15) is 4.79 Å². The number of benzene rings is 2. The predicted molar refractivity (Wildman–Crippen MR) is 82.3 cm³/mol. The Morgan fingerprint density at radius 3 is 2.63 bits per heavy atom. The molecule has 3 nitrogen and oxygen atoms in total. The molecule has 0 atom stereocenters. The van der Waals surface area contributed by atoms with E-state index in [2.05, 4.69) is 10.6 Å². The second-order valence-electron chi connectivity index (χ2n) is 3.79. The topological polar surface area (TPSA) is 41.1 Å². The molecule has 2 amide bonds. The van der Waals surface area contributed by atoms with Gasteiger partial charge in [-0.05, 0) is 36.6 Å². The van der Waals surface area contributed by atoms with Gasteiger partial charge in [-0.25, -0.2) is 4.79 Å². The molecule has 0 saturated carbocycles. The zero-order valence-corrected chi connectivity index (χ0v) is 11.9. The van der Waals surface area contributed by atoms with E-state index in [1.165, 1.54) is 0 Å². The molecule has 0 heterocycles. The van der Waals surface area contributed by atoms with Gasteiger partial charge in [0.2, 0.25) is 0 Å². The van der Waals surface area contributed by atoms with Crippen LogP contribution in [0.4, 0.5) is 16.2 Å². The molecule has 5 heteroatoms. The monoisotopic (exact) mass is 292 g/mol. The first-order chi connectivity index (χ1) is 9.19. The lowest BCUT2D eigenvalue weighted by atomic mass is 10.3. The number of rotatable bonds is 3. The van der Waals surface area contributed by atoms with Crippen LogP contribution in [0.5, 0.6) is 0 Å². The van der Waals surface area contributed by atoms with Crippen LogP contribution in [0.15, 0.2) is 53.4 Å². The molecule has 2 rings (SSSR count). The second kappa shape index (κ2) is 6.50. The molecule has 0 radical (unpaired) electrons. The van der Waals surface area contributed by atoms with E-state index in [-0.39, 0.29) is 6.03 Å². The summed E-state index contributed by atoms with van der Waals surface area (Å²) in [5, 5.41) is 5.99. The lowest BCUT2D eigenvalue weighted by Crippen LogP contribution is -2.19. The van der Waals surface area contributed by atoms with Crippen LogP contribution in [0.1, 0.15) is 0 Å². The molecule has 2 aromatic rings. The average Bonchev–Trinajstić information content (AvgIpc) is 2.41. The van der Waals surface area contributed by atoms with Crippen molar-refractivity contribution in [3.63, 3.8) is 0 Å². The Kier molecular flexibility index (Phi) is 4.71. The van der Waals surface area contributed by atoms with Gasteiger partial charge in [0.1, 0.15) is 0 Å². The summed E-state index contributed by atoms with van der Waals surface area (Å²) in [6.07, 6.45) is 1.99. The molecule has 19 heavy (non-hydrogen) atoms. The van der Waals surface area contributed by atoms with E-state index in [4.69, 9.17) is 11.6 Å². The van der Waals surface area contributed by atoms with Gasteiger partial charge in [-0.15, -0.1) is 11.8 Å². The van der Waals surface area contributed by atoms with Crippen molar-refractivity contribution in [1.29, 1.82) is 0 Å². The Balaban J connectivity index is 2.03. The van der Waals surface area contributed by atoms with E-state index in [0.717, 1.165) is 10.6 Å². The predicted octanol–water partition coefficient (Wildman–Crippen LogP) is 4.71. The highest BCUT2D eigenvalue weighted by Crippen LogP contribution is 2.22. The van der Waals surface area contributed by atoms with Gasteiger partial charge < -0.3 is 10.6 Å². The number of anilines is 2. The minimum Gasteiger partial charge on any atom is -0.308 e. The van der Waals surface area contributed by atoms with Crippen molar-refractivity contribution >= 4 is 40.8 Å². The fraction of sp³-hybridized carbons (Fsp3) is 0.0714. The highest BCUT2D eigenvalue weighted by Gasteiger charge is 2.05. The molecule has 0 aliphatic rings. The molecule has 98 valence electrons. The van der Waals surface area contributed by atoms with Crippen LogP contribution in [0.3, 0.4) is 0 Å². The molecule has 2 N–H and O–H groups in total. The van der Waals surface area contributed by atoms with Gasteiger partial charge in [0.25, 0.3) is 0 Å². The van der Waals surface area contributed by atoms with Crippen LogP contribution < -0.4 is 10.6 Å². The maximum absolute atomic E-state index is 11.8. The van der Waals surface area contributed by atoms with Crippen molar-refractivity contribution in [2.45, 2.75) is 4.90 Å².